The van der Waals surface area contributed by atoms with Crippen molar-refractivity contribution < 1.29 is 14.6 Å². The highest BCUT2D eigenvalue weighted by Gasteiger charge is 2.09. The number of nitrogens with one attached hydrogen (secondary N) is 1. The molecule has 2 rings (SSSR count). The third-order valence-corrected chi connectivity index (χ3v) is 3.06. The van der Waals surface area contributed by atoms with E-state index in [1.807, 2.05) is 6.07 Å². The Labute approximate surface area is 121 Å². The van der Waals surface area contributed by atoms with Gasteiger partial charge in [-0.3, -0.25) is 0 Å². The van der Waals surface area contributed by atoms with Crippen molar-refractivity contribution in [2.24, 2.45) is 0 Å². The molecule has 0 unspecified atom stereocenters. The summed E-state index contributed by atoms with van der Waals surface area (Å²) in [5.41, 5.74) is 0.778. The maximum Gasteiger partial charge on any atom is 0.354 e. The molecule has 1 aromatic heterocycles. The first kappa shape index (κ1) is 14.1. The van der Waals surface area contributed by atoms with E-state index in [9.17, 15) is 4.79 Å². The molecule has 104 valence electrons. The number of methoxy groups -OCH3 is 1. The van der Waals surface area contributed by atoms with Gasteiger partial charge in [-0.2, -0.15) is 0 Å². The fraction of sp³-hybridized carbons (Fsp3) is 0.143. The first-order chi connectivity index (χ1) is 9.61. The summed E-state index contributed by atoms with van der Waals surface area (Å²) in [5, 5.41) is 12.5. The molecule has 20 heavy (non-hydrogen) atoms. The molecule has 5 nitrogen and oxygen atoms in total. The van der Waals surface area contributed by atoms with Crippen molar-refractivity contribution in [3.63, 3.8) is 0 Å². The van der Waals surface area contributed by atoms with E-state index in [0.29, 0.717) is 23.1 Å². The standard InChI is InChI=1S/C14H13ClN2O3/c1-20-12-6-2-4-10(15)9(12)8-16-13-7-3-5-11(17-13)14(18)19/h2-7H,8H2,1H3,(H,16,17)(H,18,19). The Morgan fingerprint density at radius 3 is 2.80 bits per heavy atom. The minimum absolute atomic E-state index is 0.0128. The second-order valence-corrected chi connectivity index (χ2v) is 4.39. The maximum absolute atomic E-state index is 10.9. The maximum atomic E-state index is 10.9. The Bertz CT molecular complexity index is 632. The van der Waals surface area contributed by atoms with Gasteiger partial charge in [0.2, 0.25) is 0 Å². The van der Waals surface area contributed by atoms with Gasteiger partial charge in [0.05, 0.1) is 7.11 Å². The first-order valence-corrected chi connectivity index (χ1v) is 6.25. The number of hydrogen-bond donors (Lipinski definition) is 2. The van der Waals surface area contributed by atoms with Crippen LogP contribution in [-0.4, -0.2) is 23.2 Å². The van der Waals surface area contributed by atoms with Crippen LogP contribution < -0.4 is 10.1 Å². The van der Waals surface area contributed by atoms with Crippen LogP contribution in [0.1, 0.15) is 16.1 Å². The number of hydrogen-bond acceptors (Lipinski definition) is 4. The molecule has 0 radical (unpaired) electrons. The number of pyridine rings is 1. The highest BCUT2D eigenvalue weighted by atomic mass is 35.5. The Hall–Kier alpha value is -2.27. The number of aromatic carboxylic acids is 1. The minimum atomic E-state index is -1.07. The summed E-state index contributed by atoms with van der Waals surface area (Å²) in [6.07, 6.45) is 0. The van der Waals surface area contributed by atoms with E-state index in [0.717, 1.165) is 5.56 Å². The number of rotatable bonds is 5. The van der Waals surface area contributed by atoms with Gasteiger partial charge in [-0.1, -0.05) is 23.7 Å². The van der Waals surface area contributed by atoms with Crippen molar-refractivity contribution in [3.8, 4) is 5.75 Å². The molecule has 0 saturated carbocycles. The van der Waals surface area contributed by atoms with Crippen LogP contribution in [0, 0.1) is 0 Å². The molecule has 2 aromatic rings. The monoisotopic (exact) mass is 292 g/mol. The summed E-state index contributed by atoms with van der Waals surface area (Å²) in [6.45, 7) is 0.388. The third kappa shape index (κ3) is 3.19. The number of anilines is 1. The van der Waals surface area contributed by atoms with Gasteiger partial charge >= 0.3 is 5.97 Å². The van der Waals surface area contributed by atoms with Crippen molar-refractivity contribution in [1.82, 2.24) is 4.98 Å². The number of benzene rings is 1. The van der Waals surface area contributed by atoms with E-state index < -0.39 is 5.97 Å². The summed E-state index contributed by atoms with van der Waals surface area (Å²) >= 11 is 6.12. The zero-order chi connectivity index (χ0) is 14.5. The molecule has 2 N–H and O–H groups in total. The second-order valence-electron chi connectivity index (χ2n) is 3.99. The van der Waals surface area contributed by atoms with Gasteiger partial charge < -0.3 is 15.2 Å². The van der Waals surface area contributed by atoms with Crippen LogP contribution in [0.5, 0.6) is 5.75 Å². The van der Waals surface area contributed by atoms with Crippen LogP contribution in [-0.2, 0) is 6.54 Å². The average Bonchev–Trinajstić information content (AvgIpc) is 2.46. The van der Waals surface area contributed by atoms with E-state index in [1.165, 1.54) is 6.07 Å². The summed E-state index contributed by atoms with van der Waals surface area (Å²) in [7, 11) is 1.57. The molecule has 0 bridgehead atoms. The average molecular weight is 293 g/mol. The van der Waals surface area contributed by atoms with E-state index >= 15 is 0 Å². The van der Waals surface area contributed by atoms with Crippen LogP contribution in [0.3, 0.4) is 0 Å². The van der Waals surface area contributed by atoms with Crippen molar-refractivity contribution in [3.05, 3.63) is 52.7 Å². The third-order valence-electron chi connectivity index (χ3n) is 2.71. The van der Waals surface area contributed by atoms with Gasteiger partial charge in [-0.15, -0.1) is 0 Å². The molecule has 0 aliphatic heterocycles. The van der Waals surface area contributed by atoms with E-state index in [4.69, 9.17) is 21.4 Å². The lowest BCUT2D eigenvalue weighted by Crippen LogP contribution is -2.07. The quantitative estimate of drug-likeness (QED) is 0.886. The van der Waals surface area contributed by atoms with Crippen molar-refractivity contribution >= 4 is 23.4 Å². The topological polar surface area (TPSA) is 71.5 Å². The van der Waals surface area contributed by atoms with Gasteiger partial charge in [0, 0.05) is 17.1 Å². The molecule has 0 aliphatic rings. The smallest absolute Gasteiger partial charge is 0.354 e. The van der Waals surface area contributed by atoms with Crippen molar-refractivity contribution in [2.45, 2.75) is 6.54 Å². The number of ether oxygens (including phenoxy) is 1. The van der Waals surface area contributed by atoms with Crippen LogP contribution in [0.15, 0.2) is 36.4 Å². The summed E-state index contributed by atoms with van der Waals surface area (Å²) < 4.78 is 5.24. The molecule has 0 spiro atoms. The summed E-state index contributed by atoms with van der Waals surface area (Å²) in [4.78, 5) is 14.8. The molecule has 0 saturated heterocycles. The number of nitrogens with zero attached hydrogens (tertiary/aromatic N) is 1. The fourth-order valence-corrected chi connectivity index (χ4v) is 1.97. The molecule has 1 heterocycles. The second kappa shape index (κ2) is 6.25. The SMILES string of the molecule is COc1cccc(Cl)c1CNc1cccc(C(=O)O)n1. The molecule has 0 fully saturated rings. The summed E-state index contributed by atoms with van der Waals surface area (Å²) in [6, 6.07) is 10.1. The highest BCUT2D eigenvalue weighted by Crippen LogP contribution is 2.26. The van der Waals surface area contributed by atoms with E-state index in [1.54, 1.807) is 31.4 Å². The van der Waals surface area contributed by atoms with Gasteiger partial charge in [0.15, 0.2) is 5.69 Å². The van der Waals surface area contributed by atoms with Crippen LogP contribution in [0.2, 0.25) is 5.02 Å². The Balaban J connectivity index is 2.17. The van der Waals surface area contributed by atoms with Gasteiger partial charge in [-0.25, -0.2) is 9.78 Å². The molecule has 1 aromatic carbocycles. The Morgan fingerprint density at radius 1 is 1.35 bits per heavy atom. The highest BCUT2D eigenvalue weighted by molar-refractivity contribution is 6.31. The first-order valence-electron chi connectivity index (χ1n) is 5.87. The number of carbonyl (C=O) groups is 1. The molecule has 6 heteroatoms. The normalized spacial score (nSPS) is 10.1. The predicted octanol–water partition coefficient (Wildman–Crippen LogP) is 3.05. The zero-order valence-electron chi connectivity index (χ0n) is 10.8. The van der Waals surface area contributed by atoms with E-state index in [2.05, 4.69) is 10.3 Å². The molecule has 0 amide bonds. The molecule has 0 aliphatic carbocycles. The van der Waals surface area contributed by atoms with Crippen LogP contribution >= 0.6 is 11.6 Å². The zero-order valence-corrected chi connectivity index (χ0v) is 11.5. The van der Waals surface area contributed by atoms with Crippen molar-refractivity contribution in [1.29, 1.82) is 0 Å². The van der Waals surface area contributed by atoms with Crippen LogP contribution in [0.25, 0.3) is 0 Å². The Kier molecular flexibility index (Phi) is 4.42. The summed E-state index contributed by atoms with van der Waals surface area (Å²) in [5.74, 6) is 0.0650. The minimum Gasteiger partial charge on any atom is -0.496 e. The number of halogens is 1. The lowest BCUT2D eigenvalue weighted by Gasteiger charge is -2.11. The van der Waals surface area contributed by atoms with Crippen LogP contribution in [0.4, 0.5) is 5.82 Å². The lowest BCUT2D eigenvalue weighted by molar-refractivity contribution is 0.0690. The lowest BCUT2D eigenvalue weighted by atomic mass is 10.2. The number of carboxylic acids is 1. The van der Waals surface area contributed by atoms with Crippen molar-refractivity contribution in [2.75, 3.05) is 12.4 Å². The predicted molar refractivity (Wildman–Crippen MR) is 76.5 cm³/mol. The van der Waals surface area contributed by atoms with E-state index in [-0.39, 0.29) is 5.69 Å². The molecular formula is C14H13ClN2O3. The largest absolute Gasteiger partial charge is 0.496 e. The Morgan fingerprint density at radius 2 is 2.10 bits per heavy atom. The van der Waals surface area contributed by atoms with Gasteiger partial charge in [0.1, 0.15) is 11.6 Å². The molecule has 0 atom stereocenters. The number of aromatic nitrogens is 1. The molecular weight excluding hydrogens is 280 g/mol. The van der Waals surface area contributed by atoms with Gasteiger partial charge in [0.25, 0.3) is 0 Å². The fourth-order valence-electron chi connectivity index (χ4n) is 1.73. The number of carboxylic acid groups (broad SMARTS) is 1. The van der Waals surface area contributed by atoms with Gasteiger partial charge in [-0.05, 0) is 24.3 Å².